The molecule has 2 aliphatic rings. The molecule has 2 aliphatic carbocycles. The monoisotopic (exact) mass is 710 g/mol. The number of hydrogen-bond donors (Lipinski definition) is 2. The van der Waals surface area contributed by atoms with Gasteiger partial charge in [0.1, 0.15) is 17.3 Å². The number of carboxylic acids is 1. The second-order valence-electron chi connectivity index (χ2n) is 15.1. The van der Waals surface area contributed by atoms with E-state index in [4.69, 9.17) is 31.2 Å². The van der Waals surface area contributed by atoms with Crippen LogP contribution < -0.4 is 9.47 Å². The third-order valence-electron chi connectivity index (χ3n) is 11.6. The Kier molecular flexibility index (Phi) is 9.50. The van der Waals surface area contributed by atoms with Crippen molar-refractivity contribution in [2.45, 2.75) is 90.4 Å². The third-order valence-corrected chi connectivity index (χ3v) is 12.8. The molecule has 1 fully saturated rings. The van der Waals surface area contributed by atoms with Gasteiger partial charge in [-0.15, -0.1) is 11.3 Å². The summed E-state index contributed by atoms with van der Waals surface area (Å²) >= 11 is 8.14. The van der Waals surface area contributed by atoms with Gasteiger partial charge in [0.2, 0.25) is 0 Å². The number of benzene rings is 3. The van der Waals surface area contributed by atoms with E-state index in [0.717, 1.165) is 44.5 Å². The van der Waals surface area contributed by atoms with Gasteiger partial charge in [0.15, 0.2) is 0 Å². The maximum Gasteiger partial charge on any atom is 0.303 e. The highest BCUT2D eigenvalue weighted by Gasteiger charge is 2.52. The number of halogens is 1. The molecule has 8 heteroatoms. The number of aliphatic carboxylic acids is 1. The largest absolute Gasteiger partial charge is 0.496 e. The van der Waals surface area contributed by atoms with Crippen molar-refractivity contribution in [3.05, 3.63) is 87.3 Å². The number of carboxylic acid groups (broad SMARTS) is 1. The van der Waals surface area contributed by atoms with Crippen LogP contribution in [-0.2, 0) is 23.1 Å². The highest BCUT2D eigenvalue weighted by molar-refractivity contribution is 7.19. The second-order valence-corrected chi connectivity index (χ2v) is 16.9. The molecule has 0 saturated heterocycles. The number of thiophene rings is 1. The molecule has 0 radical (unpaired) electrons. The number of fused-ring (bicyclic) bond motifs is 4. The van der Waals surface area contributed by atoms with E-state index in [-0.39, 0.29) is 17.3 Å². The number of imidazole rings is 1. The Labute approximate surface area is 304 Å². The molecular formula is C42H47ClN2O4S. The fourth-order valence-corrected chi connectivity index (χ4v) is 10.2. The number of nitrogens with one attached hydrogen (secondary N) is 1. The van der Waals surface area contributed by atoms with Crippen LogP contribution in [0.15, 0.2) is 60.7 Å². The van der Waals surface area contributed by atoms with E-state index in [1.807, 2.05) is 24.3 Å². The Morgan fingerprint density at radius 2 is 1.90 bits per heavy atom. The lowest BCUT2D eigenvalue weighted by Crippen LogP contribution is -2.50. The first kappa shape index (κ1) is 34.6. The van der Waals surface area contributed by atoms with Crippen LogP contribution in [0.4, 0.5) is 0 Å². The summed E-state index contributed by atoms with van der Waals surface area (Å²) in [5.41, 5.74) is 10.1. The molecule has 6 nitrogen and oxygen atoms in total. The molecule has 262 valence electrons. The summed E-state index contributed by atoms with van der Waals surface area (Å²) in [5, 5.41) is 8.95. The Morgan fingerprint density at radius 1 is 1.08 bits per heavy atom. The van der Waals surface area contributed by atoms with Crippen LogP contribution in [-0.4, -0.2) is 34.8 Å². The molecule has 0 bridgehead atoms. The Balaban J connectivity index is 1.27. The minimum absolute atomic E-state index is 0.0711. The lowest BCUT2D eigenvalue weighted by molar-refractivity contribution is -0.137. The van der Waals surface area contributed by atoms with Gasteiger partial charge < -0.3 is 19.6 Å². The number of hydrogen-bond acceptors (Lipinski definition) is 5. The Morgan fingerprint density at radius 3 is 2.64 bits per heavy atom. The van der Waals surface area contributed by atoms with Gasteiger partial charge in [-0.1, -0.05) is 70.0 Å². The van der Waals surface area contributed by atoms with Crippen molar-refractivity contribution in [3.8, 4) is 33.3 Å². The van der Waals surface area contributed by atoms with Crippen LogP contribution in [0.3, 0.4) is 0 Å². The average Bonchev–Trinajstić information content (AvgIpc) is 3.73. The molecule has 0 spiro atoms. The number of nitrogens with zero attached hydrogens (tertiary/aromatic N) is 1. The molecule has 2 aromatic heterocycles. The lowest BCUT2D eigenvalue weighted by Gasteiger charge is -2.56. The molecule has 0 amide bonds. The van der Waals surface area contributed by atoms with Gasteiger partial charge >= 0.3 is 5.97 Å². The normalized spacial score (nSPS) is 21.6. The SMILES string of the molecule is COc1cc(OCCCC(=O)O)ccc1-c1nc2c(C[C@@]3(C)CCC[C@]4(C)c5ccc(C(C)C)cc5CC[C@@H]34)c(-c3ccc(Cl)s3)ccc2[nH]1. The van der Waals surface area contributed by atoms with E-state index in [9.17, 15) is 4.79 Å². The third kappa shape index (κ3) is 6.43. The van der Waals surface area contributed by atoms with Crippen LogP contribution in [0.2, 0.25) is 4.34 Å². The molecule has 3 atom stereocenters. The summed E-state index contributed by atoms with van der Waals surface area (Å²) in [6.45, 7) is 9.99. The van der Waals surface area contributed by atoms with Gasteiger partial charge in [-0.25, -0.2) is 4.98 Å². The van der Waals surface area contributed by atoms with Gasteiger partial charge in [-0.2, -0.15) is 0 Å². The van der Waals surface area contributed by atoms with Gasteiger partial charge in [0.05, 0.1) is 34.6 Å². The molecule has 2 N–H and O–H groups in total. The van der Waals surface area contributed by atoms with Gasteiger partial charge in [-0.05, 0) is 119 Å². The zero-order valence-corrected chi connectivity index (χ0v) is 31.3. The highest BCUT2D eigenvalue weighted by atomic mass is 35.5. The zero-order valence-electron chi connectivity index (χ0n) is 29.7. The molecule has 3 aromatic carbocycles. The predicted molar refractivity (Wildman–Crippen MR) is 204 cm³/mol. The van der Waals surface area contributed by atoms with Gasteiger partial charge in [0.25, 0.3) is 0 Å². The Hall–Kier alpha value is -3.81. The number of carbonyl (C=O) groups is 1. The number of methoxy groups -OCH3 is 1. The Bertz CT molecular complexity index is 2050. The molecule has 5 aromatic rings. The summed E-state index contributed by atoms with van der Waals surface area (Å²) in [6, 6.07) is 21.5. The molecule has 7 rings (SSSR count). The van der Waals surface area contributed by atoms with E-state index in [1.165, 1.54) is 42.4 Å². The predicted octanol–water partition coefficient (Wildman–Crippen LogP) is 11.2. The molecule has 0 aliphatic heterocycles. The highest BCUT2D eigenvalue weighted by Crippen LogP contribution is 2.59. The van der Waals surface area contributed by atoms with Crippen LogP contribution in [0, 0.1) is 11.3 Å². The van der Waals surface area contributed by atoms with Crippen molar-refractivity contribution >= 4 is 39.9 Å². The molecular weight excluding hydrogens is 664 g/mol. The zero-order chi connectivity index (χ0) is 35.2. The quantitative estimate of drug-likeness (QED) is 0.133. The van der Waals surface area contributed by atoms with Crippen LogP contribution >= 0.6 is 22.9 Å². The number of H-pyrrole nitrogens is 1. The first-order chi connectivity index (χ1) is 24.0. The minimum atomic E-state index is -0.827. The van der Waals surface area contributed by atoms with E-state index < -0.39 is 5.97 Å². The summed E-state index contributed by atoms with van der Waals surface area (Å²) in [5.74, 6) is 2.27. The number of aromatic amines is 1. The van der Waals surface area contributed by atoms with Crippen molar-refractivity contribution in [1.29, 1.82) is 0 Å². The first-order valence-electron chi connectivity index (χ1n) is 17.9. The standard InChI is InChI=1S/C42H47ClN2O4S/c1-25(2)26-9-14-32-27(22-26)10-17-36-41(3,19-7-20-42(32,36)4)24-31-29(35-16-18-37(43)50-35)13-15-33-39(31)45-40(44-33)30-12-11-28(23-34(30)48-5)49-21-6-8-38(46)47/h9,11-16,18,22-23,25,36H,6-8,10,17,19-21,24H2,1-5H3,(H,44,45)(H,46,47)/t36-,41+,42+/m0/s1. The van der Waals surface area contributed by atoms with E-state index in [0.29, 0.717) is 36.4 Å². The van der Waals surface area contributed by atoms with Crippen LogP contribution in [0.1, 0.15) is 94.4 Å². The van der Waals surface area contributed by atoms with Crippen molar-refractivity contribution < 1.29 is 19.4 Å². The maximum atomic E-state index is 10.9. The van der Waals surface area contributed by atoms with E-state index >= 15 is 0 Å². The van der Waals surface area contributed by atoms with Crippen LogP contribution in [0.5, 0.6) is 11.5 Å². The van der Waals surface area contributed by atoms with E-state index in [1.54, 1.807) is 29.6 Å². The smallest absolute Gasteiger partial charge is 0.303 e. The number of ether oxygens (including phenoxy) is 2. The molecule has 0 unspecified atom stereocenters. The van der Waals surface area contributed by atoms with E-state index in [2.05, 4.69) is 69.1 Å². The average molecular weight is 711 g/mol. The molecule has 50 heavy (non-hydrogen) atoms. The summed E-state index contributed by atoms with van der Waals surface area (Å²) in [6.07, 6.45) is 7.39. The molecule has 1 saturated carbocycles. The topological polar surface area (TPSA) is 84.4 Å². The fraction of sp³-hybridized carbons (Fsp3) is 0.429. The fourth-order valence-electron chi connectivity index (χ4n) is 9.12. The maximum absolute atomic E-state index is 10.9. The number of aromatic nitrogens is 2. The number of aryl methyl sites for hydroxylation is 1. The second kappa shape index (κ2) is 13.7. The number of rotatable bonds is 11. The first-order valence-corrected chi connectivity index (χ1v) is 19.1. The molecule has 2 heterocycles. The summed E-state index contributed by atoms with van der Waals surface area (Å²) < 4.78 is 12.4. The minimum Gasteiger partial charge on any atom is -0.496 e. The van der Waals surface area contributed by atoms with Gasteiger partial charge in [-0.3, -0.25) is 4.79 Å². The van der Waals surface area contributed by atoms with Crippen molar-refractivity contribution in [1.82, 2.24) is 9.97 Å². The summed E-state index contributed by atoms with van der Waals surface area (Å²) in [7, 11) is 1.65. The van der Waals surface area contributed by atoms with Crippen molar-refractivity contribution in [2.75, 3.05) is 13.7 Å². The van der Waals surface area contributed by atoms with Crippen molar-refractivity contribution in [2.24, 2.45) is 11.3 Å². The lowest BCUT2D eigenvalue weighted by atomic mass is 9.48. The van der Waals surface area contributed by atoms with Crippen LogP contribution in [0.25, 0.3) is 32.9 Å². The van der Waals surface area contributed by atoms with Gasteiger partial charge in [0, 0.05) is 17.4 Å². The van der Waals surface area contributed by atoms with Crippen molar-refractivity contribution in [3.63, 3.8) is 0 Å². The summed E-state index contributed by atoms with van der Waals surface area (Å²) in [4.78, 5) is 21.0.